The van der Waals surface area contributed by atoms with Crippen molar-refractivity contribution in [1.82, 2.24) is 5.32 Å². The second-order valence-electron chi connectivity index (χ2n) is 6.24. The van der Waals surface area contributed by atoms with Crippen LogP contribution in [0.1, 0.15) is 51.9 Å². The molecule has 1 saturated carbocycles. The van der Waals surface area contributed by atoms with E-state index in [-0.39, 0.29) is 24.1 Å². The van der Waals surface area contributed by atoms with Gasteiger partial charge in [-0.1, -0.05) is 19.3 Å². The molecule has 110 valence electrons. The molecule has 2 aliphatic rings. The first-order valence-corrected chi connectivity index (χ1v) is 7.33. The highest BCUT2D eigenvalue weighted by Gasteiger charge is 2.40. The number of carbonyl (C=O) groups excluding carboxylic acids is 1. The van der Waals surface area contributed by atoms with Gasteiger partial charge >= 0.3 is 0 Å². The third kappa shape index (κ3) is 3.68. The molecular formula is C14H26N2O3. The first kappa shape index (κ1) is 14.8. The minimum absolute atomic E-state index is 0.0584. The molecule has 1 amide bonds. The topological polar surface area (TPSA) is 84.6 Å². The van der Waals surface area contributed by atoms with Crippen molar-refractivity contribution in [2.45, 2.75) is 69.1 Å². The summed E-state index contributed by atoms with van der Waals surface area (Å²) in [5.41, 5.74) is 4.98. The van der Waals surface area contributed by atoms with Gasteiger partial charge in [0.05, 0.1) is 6.10 Å². The molecule has 5 nitrogen and oxygen atoms in total. The molecule has 2 rings (SSSR count). The van der Waals surface area contributed by atoms with Crippen molar-refractivity contribution >= 4 is 5.91 Å². The van der Waals surface area contributed by atoms with Crippen LogP contribution in [0.5, 0.6) is 0 Å². The van der Waals surface area contributed by atoms with E-state index < -0.39 is 5.60 Å². The van der Waals surface area contributed by atoms with Gasteiger partial charge in [-0.05, 0) is 19.8 Å². The maximum atomic E-state index is 12.0. The van der Waals surface area contributed by atoms with Crippen LogP contribution in [0.3, 0.4) is 0 Å². The van der Waals surface area contributed by atoms with Gasteiger partial charge in [0.25, 0.3) is 0 Å². The highest BCUT2D eigenvalue weighted by Crippen LogP contribution is 2.29. The predicted molar refractivity (Wildman–Crippen MR) is 72.6 cm³/mol. The Hall–Kier alpha value is -0.650. The fourth-order valence-corrected chi connectivity index (χ4v) is 3.07. The quantitative estimate of drug-likeness (QED) is 0.702. The molecule has 19 heavy (non-hydrogen) atoms. The fourth-order valence-electron chi connectivity index (χ4n) is 3.07. The largest absolute Gasteiger partial charge is 0.385 e. The van der Waals surface area contributed by atoms with E-state index in [1.165, 1.54) is 6.42 Å². The van der Waals surface area contributed by atoms with Crippen molar-refractivity contribution in [3.63, 3.8) is 0 Å². The van der Waals surface area contributed by atoms with E-state index >= 15 is 0 Å². The van der Waals surface area contributed by atoms with Crippen molar-refractivity contribution in [3.05, 3.63) is 0 Å². The summed E-state index contributed by atoms with van der Waals surface area (Å²) in [4.78, 5) is 12.0. The number of ether oxygens (including phenoxy) is 1. The maximum absolute atomic E-state index is 12.0. The standard InChI is InChI=1S/C14H26N2O3/c1-11-14(18,7-8-19-11)10-16-12(17)9-13(15)5-3-2-4-6-13/h11,18H,2-10,15H2,1H3,(H,16,17). The minimum atomic E-state index is -0.927. The molecule has 0 bridgehead atoms. The zero-order chi connectivity index (χ0) is 13.9. The third-order valence-electron chi connectivity index (χ3n) is 4.61. The highest BCUT2D eigenvalue weighted by molar-refractivity contribution is 5.77. The molecule has 2 unspecified atom stereocenters. The predicted octanol–water partition coefficient (Wildman–Crippen LogP) is 0.694. The van der Waals surface area contributed by atoms with Gasteiger partial charge < -0.3 is 20.9 Å². The molecule has 5 heteroatoms. The van der Waals surface area contributed by atoms with Crippen LogP contribution in [0.4, 0.5) is 0 Å². The van der Waals surface area contributed by atoms with Crippen molar-refractivity contribution in [2.24, 2.45) is 5.73 Å². The Balaban J connectivity index is 1.78. The molecule has 1 heterocycles. The fraction of sp³-hybridized carbons (Fsp3) is 0.929. The Morgan fingerprint density at radius 3 is 2.63 bits per heavy atom. The van der Waals surface area contributed by atoms with Crippen molar-refractivity contribution < 1.29 is 14.6 Å². The van der Waals surface area contributed by atoms with Crippen molar-refractivity contribution in [2.75, 3.05) is 13.2 Å². The van der Waals surface area contributed by atoms with Gasteiger partial charge in [0.2, 0.25) is 5.91 Å². The van der Waals surface area contributed by atoms with Gasteiger partial charge in [-0.25, -0.2) is 0 Å². The average molecular weight is 270 g/mol. The van der Waals surface area contributed by atoms with E-state index in [9.17, 15) is 9.90 Å². The molecular weight excluding hydrogens is 244 g/mol. The van der Waals surface area contributed by atoms with E-state index in [1.54, 1.807) is 0 Å². The van der Waals surface area contributed by atoms with E-state index in [0.717, 1.165) is 25.7 Å². The third-order valence-corrected chi connectivity index (χ3v) is 4.61. The SMILES string of the molecule is CC1OCCC1(O)CNC(=O)CC1(N)CCCCC1. The summed E-state index contributed by atoms with van der Waals surface area (Å²) in [5.74, 6) is -0.0584. The number of nitrogens with one attached hydrogen (secondary N) is 1. The van der Waals surface area contributed by atoms with Crippen molar-refractivity contribution in [1.29, 1.82) is 0 Å². The van der Waals surface area contributed by atoms with Gasteiger partial charge in [0.1, 0.15) is 5.60 Å². The smallest absolute Gasteiger partial charge is 0.221 e. The highest BCUT2D eigenvalue weighted by atomic mass is 16.5. The lowest BCUT2D eigenvalue weighted by Gasteiger charge is -2.33. The first-order valence-electron chi connectivity index (χ1n) is 7.33. The summed E-state index contributed by atoms with van der Waals surface area (Å²) in [5, 5.41) is 13.1. The zero-order valence-electron chi connectivity index (χ0n) is 11.8. The maximum Gasteiger partial charge on any atom is 0.221 e. The van der Waals surface area contributed by atoms with Crippen LogP contribution in [0.25, 0.3) is 0 Å². The number of rotatable bonds is 4. The van der Waals surface area contributed by atoms with Crippen LogP contribution in [0.2, 0.25) is 0 Å². The lowest BCUT2D eigenvalue weighted by Crippen LogP contribution is -2.50. The minimum Gasteiger partial charge on any atom is -0.385 e. The summed E-state index contributed by atoms with van der Waals surface area (Å²) in [7, 11) is 0. The molecule has 0 radical (unpaired) electrons. The van der Waals surface area contributed by atoms with Crippen LogP contribution in [0, 0.1) is 0 Å². The van der Waals surface area contributed by atoms with Gasteiger partial charge in [-0.15, -0.1) is 0 Å². The van der Waals surface area contributed by atoms with E-state index in [0.29, 0.717) is 19.4 Å². The molecule has 0 aromatic rings. The first-order chi connectivity index (χ1) is 8.94. The molecule has 2 fully saturated rings. The molecule has 0 aromatic carbocycles. The number of nitrogens with two attached hydrogens (primary N) is 1. The average Bonchev–Trinajstić information content (AvgIpc) is 2.68. The Bertz CT molecular complexity index is 329. The summed E-state index contributed by atoms with van der Waals surface area (Å²) in [6.45, 7) is 2.64. The second-order valence-corrected chi connectivity index (χ2v) is 6.24. The molecule has 2 atom stereocenters. The van der Waals surface area contributed by atoms with Gasteiger partial charge in [0, 0.05) is 31.5 Å². The Morgan fingerprint density at radius 2 is 2.05 bits per heavy atom. The number of hydrogen-bond acceptors (Lipinski definition) is 4. The van der Waals surface area contributed by atoms with E-state index in [2.05, 4.69) is 5.32 Å². The lowest BCUT2D eigenvalue weighted by molar-refractivity contribution is -0.124. The molecule has 1 saturated heterocycles. The van der Waals surface area contributed by atoms with Crippen LogP contribution in [-0.4, -0.2) is 41.4 Å². The van der Waals surface area contributed by atoms with Crippen LogP contribution in [-0.2, 0) is 9.53 Å². The Morgan fingerprint density at radius 1 is 1.37 bits per heavy atom. The monoisotopic (exact) mass is 270 g/mol. The van der Waals surface area contributed by atoms with E-state index in [4.69, 9.17) is 10.5 Å². The molecule has 0 aromatic heterocycles. The van der Waals surface area contributed by atoms with E-state index in [1.807, 2.05) is 6.92 Å². The Kier molecular flexibility index (Phi) is 4.48. The number of aliphatic hydroxyl groups is 1. The Labute approximate surface area is 114 Å². The molecule has 1 aliphatic carbocycles. The van der Waals surface area contributed by atoms with Gasteiger partial charge in [0.15, 0.2) is 0 Å². The second kappa shape index (κ2) is 5.77. The van der Waals surface area contributed by atoms with Gasteiger partial charge in [-0.3, -0.25) is 4.79 Å². The number of amides is 1. The zero-order valence-corrected chi connectivity index (χ0v) is 11.8. The number of carbonyl (C=O) groups is 1. The lowest BCUT2D eigenvalue weighted by atomic mass is 9.80. The van der Waals surface area contributed by atoms with Crippen LogP contribution in [0.15, 0.2) is 0 Å². The molecule has 4 N–H and O–H groups in total. The summed E-state index contributed by atoms with van der Waals surface area (Å²) in [6.07, 6.45) is 5.98. The van der Waals surface area contributed by atoms with Gasteiger partial charge in [-0.2, -0.15) is 0 Å². The summed E-state index contributed by atoms with van der Waals surface area (Å²) >= 11 is 0. The molecule has 1 aliphatic heterocycles. The summed E-state index contributed by atoms with van der Waals surface area (Å²) in [6, 6.07) is 0. The normalized spacial score (nSPS) is 34.2. The van der Waals surface area contributed by atoms with Crippen LogP contribution >= 0.6 is 0 Å². The molecule has 0 spiro atoms. The van der Waals surface area contributed by atoms with Crippen molar-refractivity contribution in [3.8, 4) is 0 Å². The number of hydrogen-bond donors (Lipinski definition) is 3. The summed E-state index contributed by atoms with van der Waals surface area (Å²) < 4.78 is 5.34. The van der Waals surface area contributed by atoms with Crippen LogP contribution < -0.4 is 11.1 Å².